The quantitative estimate of drug-likeness (QED) is 0.708. The molecule has 0 bridgehead atoms. The number of rotatable bonds is 3. The van der Waals surface area contributed by atoms with Crippen molar-refractivity contribution in [2.75, 3.05) is 7.11 Å². The standard InChI is InChI=1S/C19H16ClN3O3/c1-11(24)23-17(10-16(22-23)18-4-3-7-26-18)14-9-12-8-13(25-2)5-6-15(12)21-19(14)20/h3-10,17,22H,1-2H3/t17-/m0/s1. The molecule has 26 heavy (non-hydrogen) atoms. The highest BCUT2D eigenvalue weighted by atomic mass is 35.5. The summed E-state index contributed by atoms with van der Waals surface area (Å²) in [6.45, 7) is 1.49. The van der Waals surface area contributed by atoms with Crippen LogP contribution in [0.2, 0.25) is 5.15 Å². The summed E-state index contributed by atoms with van der Waals surface area (Å²) in [7, 11) is 1.61. The monoisotopic (exact) mass is 369 g/mol. The first-order valence-electron chi connectivity index (χ1n) is 8.03. The van der Waals surface area contributed by atoms with Crippen molar-refractivity contribution in [3.8, 4) is 5.75 Å². The predicted octanol–water partition coefficient (Wildman–Crippen LogP) is 3.94. The molecule has 132 valence electrons. The fourth-order valence-electron chi connectivity index (χ4n) is 3.02. The van der Waals surface area contributed by atoms with E-state index >= 15 is 0 Å². The molecule has 1 atom stereocenters. The van der Waals surface area contributed by atoms with Crippen LogP contribution < -0.4 is 10.2 Å². The van der Waals surface area contributed by atoms with E-state index in [0.29, 0.717) is 16.6 Å². The Morgan fingerprint density at radius 2 is 2.19 bits per heavy atom. The van der Waals surface area contributed by atoms with Gasteiger partial charge in [-0.05, 0) is 42.5 Å². The van der Waals surface area contributed by atoms with Crippen LogP contribution in [0.1, 0.15) is 24.3 Å². The van der Waals surface area contributed by atoms with Gasteiger partial charge in [-0.25, -0.2) is 9.99 Å². The molecule has 0 fully saturated rings. The number of benzene rings is 1. The predicted molar refractivity (Wildman–Crippen MR) is 98.4 cm³/mol. The number of ether oxygens (including phenoxy) is 1. The summed E-state index contributed by atoms with van der Waals surface area (Å²) < 4.78 is 10.7. The number of carbonyl (C=O) groups is 1. The molecule has 1 aromatic carbocycles. The van der Waals surface area contributed by atoms with Crippen LogP contribution in [0.4, 0.5) is 0 Å². The van der Waals surface area contributed by atoms with Gasteiger partial charge in [-0.3, -0.25) is 10.2 Å². The van der Waals surface area contributed by atoms with Crippen LogP contribution in [-0.2, 0) is 4.79 Å². The van der Waals surface area contributed by atoms with E-state index in [9.17, 15) is 4.79 Å². The second kappa shape index (κ2) is 6.38. The van der Waals surface area contributed by atoms with Gasteiger partial charge in [0.2, 0.25) is 5.91 Å². The van der Waals surface area contributed by atoms with Crippen LogP contribution in [0.5, 0.6) is 5.75 Å². The van der Waals surface area contributed by atoms with Gasteiger partial charge in [0, 0.05) is 17.9 Å². The molecule has 1 aliphatic heterocycles. The van der Waals surface area contributed by atoms with Crippen LogP contribution in [0, 0.1) is 0 Å². The molecule has 1 amide bonds. The molecular formula is C19H16ClN3O3. The summed E-state index contributed by atoms with van der Waals surface area (Å²) >= 11 is 6.44. The number of carbonyl (C=O) groups excluding carboxylic acids is 1. The topological polar surface area (TPSA) is 67.6 Å². The second-order valence-electron chi connectivity index (χ2n) is 5.93. The fourth-order valence-corrected chi connectivity index (χ4v) is 3.28. The van der Waals surface area contributed by atoms with E-state index in [4.69, 9.17) is 20.8 Å². The SMILES string of the molecule is COc1ccc2nc(Cl)c([C@@H]3C=C(c4ccco4)NN3C(C)=O)cc2c1. The molecule has 0 radical (unpaired) electrons. The average molecular weight is 370 g/mol. The van der Waals surface area contributed by atoms with Crippen molar-refractivity contribution in [3.05, 3.63) is 65.2 Å². The number of hydrogen-bond acceptors (Lipinski definition) is 5. The van der Waals surface area contributed by atoms with Crippen molar-refractivity contribution in [1.82, 2.24) is 15.4 Å². The van der Waals surface area contributed by atoms with Crippen LogP contribution in [0.3, 0.4) is 0 Å². The zero-order valence-corrected chi connectivity index (χ0v) is 14.9. The molecule has 1 N–H and O–H groups in total. The summed E-state index contributed by atoms with van der Waals surface area (Å²) in [5, 5.41) is 2.73. The Morgan fingerprint density at radius 1 is 1.35 bits per heavy atom. The van der Waals surface area contributed by atoms with Gasteiger partial charge in [0.15, 0.2) is 5.76 Å². The largest absolute Gasteiger partial charge is 0.497 e. The number of furan rings is 1. The molecule has 7 heteroatoms. The third-order valence-corrected chi connectivity index (χ3v) is 4.59. The lowest BCUT2D eigenvalue weighted by Gasteiger charge is -2.24. The highest BCUT2D eigenvalue weighted by Crippen LogP contribution is 2.36. The number of pyridine rings is 1. The lowest BCUT2D eigenvalue weighted by Crippen LogP contribution is -2.38. The van der Waals surface area contributed by atoms with Gasteiger partial charge in [0.25, 0.3) is 0 Å². The molecule has 3 heterocycles. The smallest absolute Gasteiger partial charge is 0.238 e. The number of fused-ring (bicyclic) bond motifs is 1. The number of hydrazine groups is 1. The number of nitrogens with zero attached hydrogens (tertiary/aromatic N) is 2. The van der Waals surface area contributed by atoms with Crippen molar-refractivity contribution < 1.29 is 13.9 Å². The third-order valence-electron chi connectivity index (χ3n) is 4.29. The number of amides is 1. The molecular weight excluding hydrogens is 354 g/mol. The Labute approximate surface area is 155 Å². The summed E-state index contributed by atoms with van der Waals surface area (Å²) in [6.07, 6.45) is 3.48. The van der Waals surface area contributed by atoms with E-state index in [1.54, 1.807) is 19.4 Å². The summed E-state index contributed by atoms with van der Waals surface area (Å²) in [6, 6.07) is 10.7. The lowest BCUT2D eigenvalue weighted by molar-refractivity contribution is -0.132. The average Bonchev–Trinajstić information content (AvgIpc) is 3.30. The Hall–Kier alpha value is -2.99. The molecule has 0 aliphatic carbocycles. The molecule has 0 spiro atoms. The molecule has 1 aliphatic rings. The normalized spacial score (nSPS) is 16.5. The van der Waals surface area contributed by atoms with Crippen LogP contribution >= 0.6 is 11.6 Å². The molecule has 4 rings (SSSR count). The fraction of sp³-hybridized carbons (Fsp3) is 0.158. The Morgan fingerprint density at radius 3 is 2.88 bits per heavy atom. The Balaban J connectivity index is 1.83. The minimum absolute atomic E-state index is 0.144. The van der Waals surface area contributed by atoms with Gasteiger partial charge >= 0.3 is 0 Å². The van der Waals surface area contributed by atoms with E-state index in [2.05, 4.69) is 10.4 Å². The van der Waals surface area contributed by atoms with Crippen molar-refractivity contribution in [1.29, 1.82) is 0 Å². The first-order chi connectivity index (χ1) is 12.6. The van der Waals surface area contributed by atoms with Crippen LogP contribution in [-0.4, -0.2) is 23.0 Å². The molecule has 6 nitrogen and oxygen atoms in total. The molecule has 2 aromatic heterocycles. The van der Waals surface area contributed by atoms with Crippen molar-refractivity contribution in [3.63, 3.8) is 0 Å². The maximum Gasteiger partial charge on any atom is 0.238 e. The molecule has 0 saturated carbocycles. The molecule has 0 saturated heterocycles. The number of methoxy groups -OCH3 is 1. The first kappa shape index (κ1) is 16.5. The first-order valence-corrected chi connectivity index (χ1v) is 8.41. The minimum atomic E-state index is -0.400. The number of nitrogens with one attached hydrogen (secondary N) is 1. The van der Waals surface area contributed by atoms with Gasteiger partial charge in [0.1, 0.15) is 16.9 Å². The molecule has 0 unspecified atom stereocenters. The van der Waals surface area contributed by atoms with Gasteiger partial charge in [-0.15, -0.1) is 0 Å². The van der Waals surface area contributed by atoms with Crippen molar-refractivity contribution in [2.45, 2.75) is 13.0 Å². The minimum Gasteiger partial charge on any atom is -0.497 e. The number of aromatic nitrogens is 1. The van der Waals surface area contributed by atoms with Gasteiger partial charge < -0.3 is 9.15 Å². The maximum atomic E-state index is 12.1. The summed E-state index contributed by atoms with van der Waals surface area (Å²) in [5.74, 6) is 1.23. The summed E-state index contributed by atoms with van der Waals surface area (Å²) in [4.78, 5) is 16.6. The highest BCUT2D eigenvalue weighted by Gasteiger charge is 2.31. The zero-order chi connectivity index (χ0) is 18.3. The highest BCUT2D eigenvalue weighted by molar-refractivity contribution is 6.30. The van der Waals surface area contributed by atoms with E-state index in [1.165, 1.54) is 11.9 Å². The van der Waals surface area contributed by atoms with Crippen LogP contribution in [0.15, 0.2) is 53.2 Å². The summed E-state index contributed by atoms with van der Waals surface area (Å²) in [5.41, 5.74) is 5.26. The molecule has 3 aromatic rings. The van der Waals surface area contributed by atoms with Gasteiger partial charge in [0.05, 0.1) is 24.6 Å². The second-order valence-corrected chi connectivity index (χ2v) is 6.29. The van der Waals surface area contributed by atoms with Gasteiger partial charge in [-0.1, -0.05) is 11.6 Å². The lowest BCUT2D eigenvalue weighted by atomic mass is 10.0. The zero-order valence-electron chi connectivity index (χ0n) is 14.2. The van der Waals surface area contributed by atoms with E-state index < -0.39 is 6.04 Å². The van der Waals surface area contributed by atoms with Crippen molar-refractivity contribution in [2.24, 2.45) is 0 Å². The Bertz CT molecular complexity index is 1010. The third kappa shape index (κ3) is 2.78. The van der Waals surface area contributed by atoms with E-state index in [-0.39, 0.29) is 5.91 Å². The number of hydrogen-bond donors (Lipinski definition) is 1. The van der Waals surface area contributed by atoms with Crippen molar-refractivity contribution >= 4 is 34.1 Å². The van der Waals surface area contributed by atoms with Gasteiger partial charge in [-0.2, -0.15) is 0 Å². The van der Waals surface area contributed by atoms with Crippen LogP contribution in [0.25, 0.3) is 16.6 Å². The maximum absolute atomic E-state index is 12.1. The Kier molecular flexibility index (Phi) is 4.05. The van der Waals surface area contributed by atoms with E-state index in [1.807, 2.05) is 36.4 Å². The number of halogens is 1. The van der Waals surface area contributed by atoms with E-state index in [0.717, 1.165) is 22.2 Å².